The topological polar surface area (TPSA) is 4.41 Å². The molecular weight excluding hydrogens is 381 g/mol. The summed E-state index contributed by atoms with van der Waals surface area (Å²) in [7, 11) is 0. The van der Waals surface area contributed by atoms with Gasteiger partial charge in [0.1, 0.15) is 0 Å². The second kappa shape index (κ2) is 4.48. The van der Waals surface area contributed by atoms with Crippen LogP contribution in [-0.4, -0.2) is 18.9 Å². The molecule has 3 aromatic heterocycles. The van der Waals surface area contributed by atoms with Gasteiger partial charge >= 0.3 is 155 Å². The fourth-order valence-corrected chi connectivity index (χ4v) is 7.16. The molecule has 120 valence electrons. The van der Waals surface area contributed by atoms with Gasteiger partial charge in [0.15, 0.2) is 0 Å². The fourth-order valence-electron chi connectivity index (χ4n) is 4.75. The summed E-state index contributed by atoms with van der Waals surface area (Å²) in [5, 5.41) is 8.36. The monoisotopic (exact) mass is 395 g/mol. The molecule has 0 saturated heterocycles. The van der Waals surface area contributed by atoms with E-state index in [1.54, 1.807) is 0 Å². The number of benzene rings is 4. The van der Waals surface area contributed by atoms with Crippen molar-refractivity contribution in [2.24, 2.45) is 0 Å². The van der Waals surface area contributed by atoms with Gasteiger partial charge in [0.2, 0.25) is 0 Å². The van der Waals surface area contributed by atoms with Gasteiger partial charge in [-0.25, -0.2) is 0 Å². The van der Waals surface area contributed by atoms with Gasteiger partial charge in [0, 0.05) is 0 Å². The summed E-state index contributed by atoms with van der Waals surface area (Å²) in [4.78, 5) is 0. The molecule has 0 aliphatic carbocycles. The van der Waals surface area contributed by atoms with Crippen LogP contribution in [0.3, 0.4) is 0 Å². The van der Waals surface area contributed by atoms with Crippen molar-refractivity contribution in [2.75, 3.05) is 0 Å². The third kappa shape index (κ3) is 1.41. The van der Waals surface area contributed by atoms with Gasteiger partial charge in [0.05, 0.1) is 0 Å². The number of para-hydroxylation sites is 2. The van der Waals surface area contributed by atoms with Crippen molar-refractivity contribution >= 4 is 71.9 Å². The first-order valence-corrected chi connectivity index (χ1v) is 10.6. The second-order valence-corrected chi connectivity index (χ2v) is 9.26. The van der Waals surface area contributed by atoms with Gasteiger partial charge in [-0.3, -0.25) is 0 Å². The normalized spacial score (nSPS) is 12.6. The summed E-state index contributed by atoms with van der Waals surface area (Å²) in [5.41, 5.74) is 3.99. The molecule has 0 unspecified atom stereocenters. The number of rotatable bonds is 0. The van der Waals surface area contributed by atoms with Crippen LogP contribution >= 0.6 is 0 Å². The number of nitrogens with zero attached hydrogens (tertiary/aromatic N) is 1. The SMILES string of the molecule is c1cc2[se]c3cccc4c3c2c(c1)c1cccc2c3ccccc3n4c12. The van der Waals surface area contributed by atoms with Crippen LogP contribution in [0.2, 0.25) is 0 Å². The van der Waals surface area contributed by atoms with Gasteiger partial charge in [-0.15, -0.1) is 0 Å². The van der Waals surface area contributed by atoms with E-state index in [9.17, 15) is 0 Å². The predicted octanol–water partition coefficient (Wildman–Crippen LogP) is 6.20. The first kappa shape index (κ1) is 13.4. The Labute approximate surface area is 155 Å². The number of hydrogen-bond acceptors (Lipinski definition) is 0. The molecule has 2 heteroatoms. The van der Waals surface area contributed by atoms with E-state index >= 15 is 0 Å². The molecular formula is C24H13NSe. The van der Waals surface area contributed by atoms with E-state index in [0.29, 0.717) is 14.5 Å². The van der Waals surface area contributed by atoms with Crippen molar-refractivity contribution in [2.45, 2.75) is 0 Å². The van der Waals surface area contributed by atoms with Crippen molar-refractivity contribution in [3.05, 3.63) is 78.9 Å². The van der Waals surface area contributed by atoms with Crippen LogP contribution in [0.4, 0.5) is 0 Å². The molecule has 3 heterocycles. The first-order chi connectivity index (χ1) is 12.9. The average Bonchev–Trinajstić information content (AvgIpc) is 3.19. The molecule has 0 radical (unpaired) electrons. The van der Waals surface area contributed by atoms with E-state index in [-0.39, 0.29) is 0 Å². The Kier molecular flexibility index (Phi) is 2.31. The first-order valence-electron chi connectivity index (χ1n) is 8.89. The van der Waals surface area contributed by atoms with Gasteiger partial charge in [0.25, 0.3) is 0 Å². The molecule has 0 bridgehead atoms. The van der Waals surface area contributed by atoms with Gasteiger partial charge in [-0.1, -0.05) is 0 Å². The van der Waals surface area contributed by atoms with Crippen LogP contribution in [0.1, 0.15) is 0 Å². The summed E-state index contributed by atoms with van der Waals surface area (Å²) in [6.07, 6.45) is 0. The van der Waals surface area contributed by atoms with E-state index in [4.69, 9.17) is 0 Å². The van der Waals surface area contributed by atoms with Crippen LogP contribution in [-0.2, 0) is 0 Å². The molecule has 0 saturated carbocycles. The van der Waals surface area contributed by atoms with Gasteiger partial charge in [-0.2, -0.15) is 0 Å². The number of fused-ring (bicyclic) bond motifs is 5. The Bertz CT molecular complexity index is 1630. The molecule has 4 aromatic carbocycles. The van der Waals surface area contributed by atoms with E-state index in [0.717, 1.165) is 0 Å². The third-order valence-electron chi connectivity index (χ3n) is 5.73. The molecule has 7 rings (SSSR count). The molecule has 26 heavy (non-hydrogen) atoms. The maximum atomic E-state index is 2.50. The number of aromatic nitrogens is 1. The Balaban J connectivity index is 2.07. The molecule has 0 amide bonds. The Morgan fingerprint density at radius 1 is 0.500 bits per heavy atom. The van der Waals surface area contributed by atoms with Crippen LogP contribution in [0.5, 0.6) is 0 Å². The van der Waals surface area contributed by atoms with E-state index in [2.05, 4.69) is 83.3 Å². The minimum atomic E-state index is 0.394. The molecule has 7 aromatic rings. The zero-order valence-corrected chi connectivity index (χ0v) is 15.6. The van der Waals surface area contributed by atoms with Crippen LogP contribution < -0.4 is 0 Å². The van der Waals surface area contributed by atoms with E-state index in [1.807, 2.05) is 0 Å². The van der Waals surface area contributed by atoms with E-state index < -0.39 is 0 Å². The summed E-state index contributed by atoms with van der Waals surface area (Å²) >= 11 is 0.394. The minimum absolute atomic E-state index is 0.394. The zero-order valence-electron chi connectivity index (χ0n) is 13.9. The Morgan fingerprint density at radius 3 is 2.04 bits per heavy atom. The fraction of sp³-hybridized carbons (Fsp3) is 0. The molecule has 0 atom stereocenters. The van der Waals surface area contributed by atoms with Gasteiger partial charge < -0.3 is 0 Å². The van der Waals surface area contributed by atoms with Crippen molar-refractivity contribution in [1.82, 2.24) is 4.40 Å². The maximum absolute atomic E-state index is 2.50. The zero-order chi connectivity index (χ0) is 16.8. The molecule has 1 nitrogen and oxygen atoms in total. The summed E-state index contributed by atoms with van der Waals surface area (Å²) in [6.45, 7) is 0. The summed E-state index contributed by atoms with van der Waals surface area (Å²) in [5.74, 6) is 0. The van der Waals surface area contributed by atoms with Crippen molar-refractivity contribution in [3.8, 4) is 0 Å². The second-order valence-electron chi connectivity index (χ2n) is 6.99. The number of hydrogen-bond donors (Lipinski definition) is 0. The molecule has 0 aliphatic heterocycles. The van der Waals surface area contributed by atoms with Crippen molar-refractivity contribution in [3.63, 3.8) is 0 Å². The van der Waals surface area contributed by atoms with Crippen LogP contribution in [0.25, 0.3) is 57.4 Å². The van der Waals surface area contributed by atoms with Crippen LogP contribution in [0.15, 0.2) is 78.9 Å². The molecule has 0 spiro atoms. The third-order valence-corrected chi connectivity index (χ3v) is 8.08. The standard InChI is InChI=1S/C24H13NSe/c1-2-10-18-14(6-1)16-8-3-9-17-15-7-4-12-20-22(15)23-19(25(18)24(16)17)11-5-13-21(23)26-20/h1-13H. The average molecular weight is 394 g/mol. The Morgan fingerprint density at radius 2 is 1.12 bits per heavy atom. The predicted molar refractivity (Wildman–Crippen MR) is 113 cm³/mol. The molecule has 0 aliphatic rings. The van der Waals surface area contributed by atoms with Crippen molar-refractivity contribution < 1.29 is 0 Å². The Hall–Kier alpha value is -2.80. The van der Waals surface area contributed by atoms with Crippen LogP contribution in [0, 0.1) is 0 Å². The summed E-state index contributed by atoms with van der Waals surface area (Å²) < 4.78 is 5.53. The summed E-state index contributed by atoms with van der Waals surface area (Å²) in [6, 6.07) is 29.3. The van der Waals surface area contributed by atoms with Gasteiger partial charge in [-0.05, 0) is 0 Å². The molecule has 0 fully saturated rings. The van der Waals surface area contributed by atoms with E-state index in [1.165, 1.54) is 57.4 Å². The quantitative estimate of drug-likeness (QED) is 0.270. The van der Waals surface area contributed by atoms with Crippen molar-refractivity contribution in [1.29, 1.82) is 0 Å². The molecule has 0 N–H and O–H groups in total.